The molecule has 0 N–H and O–H groups in total. The number of hydrogen-bond acceptors (Lipinski definition) is 4. The Hall–Kier alpha value is -3.87. The van der Waals surface area contributed by atoms with Gasteiger partial charge in [-0.25, -0.2) is 4.39 Å². The molecule has 0 fully saturated rings. The second-order valence-corrected chi connectivity index (χ2v) is 10.9. The number of allylic oxidation sites excluding steroid dienone is 1. The summed E-state index contributed by atoms with van der Waals surface area (Å²) in [5.74, 6) is 0.463. The van der Waals surface area contributed by atoms with Crippen LogP contribution in [-0.4, -0.2) is 37.7 Å². The van der Waals surface area contributed by atoms with Crippen LogP contribution in [0.25, 0.3) is 16.3 Å². The van der Waals surface area contributed by atoms with Gasteiger partial charge in [0.1, 0.15) is 11.6 Å². The van der Waals surface area contributed by atoms with Crippen molar-refractivity contribution in [3.63, 3.8) is 0 Å². The van der Waals surface area contributed by atoms with Gasteiger partial charge in [-0.1, -0.05) is 54.6 Å². The van der Waals surface area contributed by atoms with Crippen LogP contribution in [0.4, 0.5) is 15.8 Å². The minimum absolute atomic E-state index is 0.257. The molecular weight excluding hydrogens is 555 g/mol. The minimum Gasteiger partial charge on any atom is -0.496 e. The number of fused-ring (bicyclic) bond motifs is 3. The van der Waals surface area contributed by atoms with Gasteiger partial charge < -0.3 is 19.3 Å². The molecule has 1 aliphatic heterocycles. The molecule has 1 heterocycles. The lowest BCUT2D eigenvalue weighted by Crippen LogP contribution is -2.38. The molecule has 0 aromatic heterocycles. The third-order valence-electron chi connectivity index (χ3n) is 7.39. The number of benzene rings is 4. The lowest BCUT2D eigenvalue weighted by Gasteiger charge is -2.44. The van der Waals surface area contributed by atoms with E-state index in [0.29, 0.717) is 5.39 Å². The Kier molecular flexibility index (Phi) is 6.32. The molecule has 0 radical (unpaired) electrons. The largest absolute Gasteiger partial charge is 0.496 e. The molecule has 4 aromatic carbocycles. The lowest BCUT2D eigenvalue weighted by atomic mass is 9.79. The van der Waals surface area contributed by atoms with E-state index in [0.717, 1.165) is 56.2 Å². The normalized spacial score (nSPS) is 18.4. The van der Waals surface area contributed by atoms with Gasteiger partial charge in [0.2, 0.25) is 0 Å². The second kappa shape index (κ2) is 9.70. The molecule has 6 heteroatoms. The topological polar surface area (TPSA) is 24.9 Å². The molecule has 0 bridgehead atoms. The summed E-state index contributed by atoms with van der Waals surface area (Å²) in [6.45, 7) is 0. The molecule has 1 unspecified atom stereocenters. The van der Waals surface area contributed by atoms with Crippen LogP contribution in [0, 0.1) is 5.82 Å². The Bertz CT molecular complexity index is 1690. The fourth-order valence-electron chi connectivity index (χ4n) is 5.57. The van der Waals surface area contributed by atoms with Crippen molar-refractivity contribution in [1.29, 1.82) is 0 Å². The van der Waals surface area contributed by atoms with E-state index in [9.17, 15) is 0 Å². The molecule has 1 aliphatic carbocycles. The van der Waals surface area contributed by atoms with Gasteiger partial charge >= 0.3 is 0 Å². The summed E-state index contributed by atoms with van der Waals surface area (Å²) in [6.07, 6.45) is 4.25. The Morgan fingerprint density at radius 2 is 1.56 bits per heavy atom. The number of likely N-dealkylation sites (N-methyl/N-ethyl adjacent to an activating group) is 1. The number of ether oxygens (including phenoxy) is 2. The van der Waals surface area contributed by atoms with Crippen molar-refractivity contribution in [2.75, 3.05) is 33.2 Å². The first-order chi connectivity index (χ1) is 18.9. The van der Waals surface area contributed by atoms with Gasteiger partial charge in [0.05, 0.1) is 18.5 Å². The Balaban J connectivity index is 1.82. The predicted molar refractivity (Wildman–Crippen MR) is 160 cm³/mol. The zero-order chi connectivity index (χ0) is 27.3. The van der Waals surface area contributed by atoms with Gasteiger partial charge in [-0.05, 0) is 69.4 Å². The van der Waals surface area contributed by atoms with Crippen molar-refractivity contribution in [2.45, 2.75) is 4.51 Å². The van der Waals surface area contributed by atoms with Crippen LogP contribution in [0.2, 0.25) is 0 Å². The molecular formula is C33H28BrFN2O2. The van der Waals surface area contributed by atoms with E-state index in [1.165, 1.54) is 0 Å². The van der Waals surface area contributed by atoms with Gasteiger partial charge in [0, 0.05) is 54.7 Å². The van der Waals surface area contributed by atoms with Crippen LogP contribution < -0.4 is 9.64 Å². The summed E-state index contributed by atoms with van der Waals surface area (Å²) in [6, 6.07) is 27.3. The molecule has 0 saturated heterocycles. The zero-order valence-corrected chi connectivity index (χ0v) is 23.8. The van der Waals surface area contributed by atoms with E-state index >= 15 is 4.39 Å². The summed E-state index contributed by atoms with van der Waals surface area (Å²) >= 11 is 3.99. The van der Waals surface area contributed by atoms with Crippen LogP contribution in [0.3, 0.4) is 0 Å². The van der Waals surface area contributed by atoms with Gasteiger partial charge in [0.25, 0.3) is 0 Å². The number of anilines is 2. The summed E-state index contributed by atoms with van der Waals surface area (Å²) in [5, 5.41) is 1.38. The van der Waals surface area contributed by atoms with E-state index in [-0.39, 0.29) is 5.82 Å². The first-order valence-electron chi connectivity index (χ1n) is 12.7. The Morgan fingerprint density at radius 3 is 2.26 bits per heavy atom. The second-order valence-electron chi connectivity index (χ2n) is 9.76. The number of nitrogens with zero attached hydrogens (tertiary/aromatic N) is 2. The number of hydrogen-bond donors (Lipinski definition) is 0. The molecule has 196 valence electrons. The molecule has 39 heavy (non-hydrogen) atoms. The highest BCUT2D eigenvalue weighted by molar-refractivity contribution is 9.10. The predicted octanol–water partition coefficient (Wildman–Crippen LogP) is 8.02. The Labute approximate surface area is 236 Å². The molecule has 0 saturated carbocycles. The average Bonchev–Trinajstić information content (AvgIpc) is 2.96. The van der Waals surface area contributed by atoms with Crippen molar-refractivity contribution >= 4 is 43.7 Å². The van der Waals surface area contributed by atoms with Crippen molar-refractivity contribution in [2.24, 2.45) is 0 Å². The maximum Gasteiger partial charge on any atom is 0.171 e. The van der Waals surface area contributed by atoms with Gasteiger partial charge in [-0.3, -0.25) is 0 Å². The molecule has 4 nitrogen and oxygen atoms in total. The maximum atomic E-state index is 15.0. The molecule has 0 spiro atoms. The summed E-state index contributed by atoms with van der Waals surface area (Å²) < 4.78 is 26.3. The molecule has 6 rings (SSSR count). The van der Waals surface area contributed by atoms with Crippen LogP contribution in [-0.2, 0) is 4.74 Å². The van der Waals surface area contributed by atoms with Gasteiger partial charge in [-0.2, -0.15) is 0 Å². The first kappa shape index (κ1) is 25.4. The van der Waals surface area contributed by atoms with Crippen molar-refractivity contribution in [1.82, 2.24) is 4.90 Å². The van der Waals surface area contributed by atoms with Crippen molar-refractivity contribution in [3.8, 4) is 5.75 Å². The number of alkyl halides is 1. The van der Waals surface area contributed by atoms with E-state index < -0.39 is 4.51 Å². The highest BCUT2D eigenvalue weighted by Gasteiger charge is 2.45. The third-order valence-corrected chi connectivity index (χ3v) is 8.34. The van der Waals surface area contributed by atoms with E-state index in [1.54, 1.807) is 20.3 Å². The van der Waals surface area contributed by atoms with E-state index in [2.05, 4.69) is 56.1 Å². The summed E-state index contributed by atoms with van der Waals surface area (Å²) in [7, 11) is 7.41. The monoisotopic (exact) mass is 582 g/mol. The molecule has 0 amide bonds. The van der Waals surface area contributed by atoms with E-state index in [4.69, 9.17) is 9.47 Å². The van der Waals surface area contributed by atoms with Crippen molar-refractivity contribution in [3.05, 3.63) is 131 Å². The maximum absolute atomic E-state index is 15.0. The van der Waals surface area contributed by atoms with Crippen LogP contribution in [0.15, 0.2) is 114 Å². The smallest absolute Gasteiger partial charge is 0.171 e. The van der Waals surface area contributed by atoms with Crippen LogP contribution in [0.1, 0.15) is 11.1 Å². The van der Waals surface area contributed by atoms with Crippen LogP contribution >= 0.6 is 15.9 Å². The number of para-hydroxylation sites is 1. The SMILES string of the molecule is COc1cccc2c1C(c1ccc(F)c3ccccc13)=C1C(=CC(N(C)C)=CC1(Br)OC)N2c1ccccc1. The van der Waals surface area contributed by atoms with Crippen LogP contribution in [0.5, 0.6) is 5.75 Å². The standard InChI is InChI=1S/C33H28BrFN2O2/c1-36(2)22-19-28-32(33(34,20-22)39-4)30(25-17-18-26(35)24-14-9-8-13-23(24)25)31-27(15-10-16-29(31)38-3)37(28)21-11-6-5-7-12-21/h5-20H,1-4H3. The Morgan fingerprint density at radius 1 is 0.846 bits per heavy atom. The van der Waals surface area contributed by atoms with Gasteiger partial charge in [0.15, 0.2) is 4.51 Å². The quantitative estimate of drug-likeness (QED) is 0.222. The fraction of sp³-hybridized carbons (Fsp3) is 0.152. The van der Waals surface area contributed by atoms with E-state index in [1.807, 2.05) is 74.8 Å². The summed E-state index contributed by atoms with van der Waals surface area (Å²) in [5.41, 5.74) is 7.55. The zero-order valence-electron chi connectivity index (χ0n) is 22.2. The number of methoxy groups -OCH3 is 2. The third kappa shape index (κ3) is 3.98. The fourth-order valence-corrected chi connectivity index (χ4v) is 6.21. The van der Waals surface area contributed by atoms with Gasteiger partial charge in [-0.15, -0.1) is 0 Å². The highest BCUT2D eigenvalue weighted by atomic mass is 79.9. The minimum atomic E-state index is -0.979. The highest BCUT2D eigenvalue weighted by Crippen LogP contribution is 2.56. The average molecular weight is 584 g/mol. The molecule has 2 aliphatic rings. The molecule has 4 aromatic rings. The number of halogens is 2. The number of rotatable bonds is 5. The lowest BCUT2D eigenvalue weighted by molar-refractivity contribution is 0.145. The first-order valence-corrected chi connectivity index (χ1v) is 13.5. The molecule has 1 atom stereocenters. The van der Waals surface area contributed by atoms with Crippen molar-refractivity contribution < 1.29 is 13.9 Å². The summed E-state index contributed by atoms with van der Waals surface area (Å²) in [4.78, 5) is 4.31.